The van der Waals surface area contributed by atoms with Gasteiger partial charge in [0.15, 0.2) is 0 Å². The Balaban J connectivity index is 3.19. The van der Waals surface area contributed by atoms with Crippen LogP contribution in [0.25, 0.3) is 0 Å². The molecule has 0 bridgehead atoms. The fraction of sp³-hybridized carbons (Fsp3) is 0.857. The molecule has 1 amide bonds. The number of hydrogen-bond acceptors (Lipinski definition) is 3. The summed E-state index contributed by atoms with van der Waals surface area (Å²) in [7, 11) is -0.776. The van der Waals surface area contributed by atoms with Crippen molar-refractivity contribution >= 4 is 16.9 Å². The Hall–Kier alpha value is -0.580. The molecule has 0 radical (unpaired) electrons. The van der Waals surface area contributed by atoms with Crippen LogP contribution >= 0.6 is 0 Å². The summed E-state index contributed by atoms with van der Waals surface area (Å²) in [6.07, 6.45) is 1.96. The molecule has 12 heavy (non-hydrogen) atoms. The molecule has 0 aromatic heterocycles. The van der Waals surface area contributed by atoms with E-state index >= 15 is 0 Å². The molecule has 1 atom stereocenters. The molecule has 0 saturated heterocycles. The monoisotopic (exact) mass is 193 g/mol. The average Bonchev–Trinajstić information content (AvgIpc) is 1.98. The number of rotatable bonds is 5. The highest BCUT2D eigenvalue weighted by Crippen LogP contribution is 1.82. The molecular formula is C7H15NO3S. The van der Waals surface area contributed by atoms with Gasteiger partial charge in [0, 0.05) is 29.4 Å². The smallest absolute Gasteiger partial charge is 0.407 e. The number of carbonyl (C=O) groups excluding carboxylic acids is 1. The lowest BCUT2D eigenvalue weighted by Gasteiger charge is -2.03. The second-order valence-corrected chi connectivity index (χ2v) is 3.83. The van der Waals surface area contributed by atoms with E-state index in [-0.39, 0.29) is 0 Å². The van der Waals surface area contributed by atoms with Crippen molar-refractivity contribution in [2.45, 2.75) is 13.3 Å². The quantitative estimate of drug-likeness (QED) is 0.647. The first kappa shape index (κ1) is 11.4. The number of carbonyl (C=O) groups is 1. The second-order valence-electron chi connectivity index (χ2n) is 2.28. The highest BCUT2D eigenvalue weighted by atomic mass is 32.2. The average molecular weight is 193 g/mol. The summed E-state index contributed by atoms with van der Waals surface area (Å²) < 4.78 is 15.2. The maximum absolute atomic E-state index is 10.7. The van der Waals surface area contributed by atoms with Crippen LogP contribution in [0.15, 0.2) is 0 Å². The Morgan fingerprint density at radius 2 is 2.25 bits per heavy atom. The molecule has 0 fully saturated rings. The summed E-state index contributed by atoms with van der Waals surface area (Å²) in [4.78, 5) is 10.7. The van der Waals surface area contributed by atoms with Gasteiger partial charge in [-0.25, -0.2) is 4.79 Å². The van der Waals surface area contributed by atoms with Gasteiger partial charge >= 0.3 is 6.09 Å². The van der Waals surface area contributed by atoms with Crippen LogP contribution in [-0.2, 0) is 15.5 Å². The van der Waals surface area contributed by atoms with Crippen molar-refractivity contribution in [2.24, 2.45) is 0 Å². The van der Waals surface area contributed by atoms with Gasteiger partial charge in [-0.15, -0.1) is 0 Å². The Morgan fingerprint density at radius 3 is 2.75 bits per heavy atom. The summed E-state index contributed by atoms with van der Waals surface area (Å²) in [6, 6.07) is 0. The zero-order valence-electron chi connectivity index (χ0n) is 7.46. The molecule has 0 aliphatic rings. The largest absolute Gasteiger partial charge is 0.450 e. The van der Waals surface area contributed by atoms with E-state index < -0.39 is 16.9 Å². The van der Waals surface area contributed by atoms with E-state index in [2.05, 4.69) is 10.1 Å². The Morgan fingerprint density at radius 1 is 1.58 bits per heavy atom. The minimum atomic E-state index is -0.776. The molecule has 0 aliphatic carbocycles. The van der Waals surface area contributed by atoms with E-state index in [1.165, 1.54) is 0 Å². The van der Waals surface area contributed by atoms with Crippen molar-refractivity contribution in [1.82, 2.24) is 5.32 Å². The molecule has 1 unspecified atom stereocenters. The van der Waals surface area contributed by atoms with E-state index in [4.69, 9.17) is 0 Å². The first-order valence-electron chi connectivity index (χ1n) is 3.87. The van der Waals surface area contributed by atoms with Crippen molar-refractivity contribution in [3.63, 3.8) is 0 Å². The van der Waals surface area contributed by atoms with Gasteiger partial charge < -0.3 is 10.1 Å². The molecule has 0 aromatic rings. The van der Waals surface area contributed by atoms with Crippen molar-refractivity contribution in [1.29, 1.82) is 0 Å². The van der Waals surface area contributed by atoms with Gasteiger partial charge in [-0.3, -0.25) is 4.21 Å². The first-order valence-corrected chi connectivity index (χ1v) is 5.60. The van der Waals surface area contributed by atoms with E-state index in [1.54, 1.807) is 13.2 Å². The lowest BCUT2D eigenvalue weighted by molar-refractivity contribution is 0.152. The fourth-order valence-electron chi connectivity index (χ4n) is 0.648. The molecule has 5 heteroatoms. The lowest BCUT2D eigenvalue weighted by atomic mass is 10.5. The predicted octanol–water partition coefficient (Wildman–Crippen LogP) is 0.501. The van der Waals surface area contributed by atoms with Crippen LogP contribution in [0, 0.1) is 0 Å². The fourth-order valence-corrected chi connectivity index (χ4v) is 1.20. The van der Waals surface area contributed by atoms with Crippen molar-refractivity contribution in [2.75, 3.05) is 25.2 Å². The standard InChI is InChI=1S/C7H15NO3S/c1-3-11-7(9)8-5-4-6-12(2)10/h3-6H2,1-2H3,(H,8,9). The van der Waals surface area contributed by atoms with Gasteiger partial charge in [-0.05, 0) is 13.3 Å². The van der Waals surface area contributed by atoms with Gasteiger partial charge in [-0.2, -0.15) is 0 Å². The van der Waals surface area contributed by atoms with Crippen molar-refractivity contribution in [3.8, 4) is 0 Å². The molecule has 0 aromatic carbocycles. The molecule has 0 heterocycles. The van der Waals surface area contributed by atoms with Gasteiger partial charge in [-0.1, -0.05) is 0 Å². The molecule has 72 valence electrons. The molecule has 4 nitrogen and oxygen atoms in total. The minimum Gasteiger partial charge on any atom is -0.450 e. The summed E-state index contributed by atoms with van der Waals surface area (Å²) in [5.41, 5.74) is 0. The van der Waals surface area contributed by atoms with E-state index in [0.717, 1.165) is 6.42 Å². The molecule has 0 spiro atoms. The van der Waals surface area contributed by atoms with Crippen LogP contribution in [0.5, 0.6) is 0 Å². The third kappa shape index (κ3) is 7.53. The predicted molar refractivity (Wildman–Crippen MR) is 48.6 cm³/mol. The highest BCUT2D eigenvalue weighted by molar-refractivity contribution is 7.84. The van der Waals surface area contributed by atoms with Gasteiger partial charge in [0.2, 0.25) is 0 Å². The van der Waals surface area contributed by atoms with E-state index in [9.17, 15) is 9.00 Å². The topological polar surface area (TPSA) is 55.4 Å². The summed E-state index contributed by atoms with van der Waals surface area (Å²) >= 11 is 0. The van der Waals surface area contributed by atoms with E-state index in [0.29, 0.717) is 18.9 Å². The van der Waals surface area contributed by atoms with E-state index in [1.807, 2.05) is 0 Å². The minimum absolute atomic E-state index is 0.380. The zero-order valence-corrected chi connectivity index (χ0v) is 8.28. The maximum Gasteiger partial charge on any atom is 0.407 e. The van der Waals surface area contributed by atoms with Gasteiger partial charge in [0.1, 0.15) is 0 Å². The first-order chi connectivity index (χ1) is 5.66. The number of nitrogens with one attached hydrogen (secondary N) is 1. The van der Waals surface area contributed by atoms with Crippen LogP contribution < -0.4 is 5.32 Å². The Kier molecular flexibility index (Phi) is 6.75. The summed E-state index contributed by atoms with van der Waals surface area (Å²) in [5, 5.41) is 2.54. The number of hydrogen-bond donors (Lipinski definition) is 1. The normalized spacial score (nSPS) is 12.2. The SMILES string of the molecule is CCOC(=O)NCCCS(C)=O. The number of alkyl carbamates (subject to hydrolysis) is 1. The summed E-state index contributed by atoms with van der Waals surface area (Å²) in [5.74, 6) is 0.617. The third-order valence-corrected chi connectivity index (χ3v) is 2.02. The number of amides is 1. The maximum atomic E-state index is 10.7. The van der Waals surface area contributed by atoms with Crippen molar-refractivity contribution in [3.05, 3.63) is 0 Å². The highest BCUT2D eigenvalue weighted by Gasteiger charge is 1.98. The lowest BCUT2D eigenvalue weighted by Crippen LogP contribution is -2.26. The summed E-state index contributed by atoms with van der Waals surface area (Å²) in [6.45, 7) is 2.66. The van der Waals surface area contributed by atoms with Crippen LogP contribution in [-0.4, -0.2) is 35.5 Å². The Labute approximate surface area is 75.1 Å². The van der Waals surface area contributed by atoms with Crippen LogP contribution in [0.1, 0.15) is 13.3 Å². The third-order valence-electron chi connectivity index (χ3n) is 1.15. The number of ether oxygens (including phenoxy) is 1. The van der Waals surface area contributed by atoms with Gasteiger partial charge in [0.25, 0.3) is 0 Å². The van der Waals surface area contributed by atoms with Crippen LogP contribution in [0.2, 0.25) is 0 Å². The second kappa shape index (κ2) is 7.09. The van der Waals surface area contributed by atoms with Gasteiger partial charge in [0.05, 0.1) is 6.61 Å². The van der Waals surface area contributed by atoms with Crippen LogP contribution in [0.4, 0.5) is 4.79 Å². The van der Waals surface area contributed by atoms with Crippen molar-refractivity contribution < 1.29 is 13.7 Å². The van der Waals surface area contributed by atoms with Crippen LogP contribution in [0.3, 0.4) is 0 Å². The zero-order chi connectivity index (χ0) is 9.40. The molecule has 0 saturated carbocycles. The molecule has 1 N–H and O–H groups in total. The molecule has 0 aliphatic heterocycles. The molecule has 0 rings (SSSR count). The molecular weight excluding hydrogens is 178 g/mol. The Bertz CT molecular complexity index is 161.